The van der Waals surface area contributed by atoms with Gasteiger partial charge in [0.1, 0.15) is 5.15 Å². The minimum absolute atomic E-state index is 0.0681. The summed E-state index contributed by atoms with van der Waals surface area (Å²) < 4.78 is 0. The van der Waals surface area contributed by atoms with Crippen molar-refractivity contribution in [2.24, 2.45) is 0 Å². The Morgan fingerprint density at radius 3 is 2.62 bits per heavy atom. The van der Waals surface area contributed by atoms with Gasteiger partial charge in [0.15, 0.2) is 0 Å². The molecule has 2 amide bonds. The highest BCUT2D eigenvalue weighted by Crippen LogP contribution is 2.18. The lowest BCUT2D eigenvalue weighted by Gasteiger charge is -2.26. The lowest BCUT2D eigenvalue weighted by atomic mass is 10.1. The van der Waals surface area contributed by atoms with E-state index >= 15 is 0 Å². The van der Waals surface area contributed by atoms with Crippen LogP contribution in [0.5, 0.6) is 0 Å². The molecule has 2 aromatic carbocycles. The number of likely N-dealkylation sites (tertiary alicyclic amines) is 1. The zero-order chi connectivity index (χ0) is 20.2. The maximum Gasteiger partial charge on any atom is 0.253 e. The lowest BCUT2D eigenvalue weighted by Crippen LogP contribution is -2.35. The van der Waals surface area contributed by atoms with Gasteiger partial charge in [-0.25, -0.2) is 4.98 Å². The van der Waals surface area contributed by atoms with Gasteiger partial charge in [-0.2, -0.15) is 0 Å². The first-order valence-electron chi connectivity index (χ1n) is 9.83. The van der Waals surface area contributed by atoms with Gasteiger partial charge in [-0.15, -0.1) is 0 Å². The maximum absolute atomic E-state index is 12.7. The van der Waals surface area contributed by atoms with E-state index in [2.05, 4.69) is 10.3 Å². The predicted octanol–water partition coefficient (Wildman–Crippen LogP) is 4.44. The van der Waals surface area contributed by atoms with Crippen molar-refractivity contribution in [1.29, 1.82) is 0 Å². The summed E-state index contributed by atoms with van der Waals surface area (Å²) in [6.45, 7) is 2.00. The second-order valence-electron chi connectivity index (χ2n) is 7.28. The molecule has 2 heterocycles. The number of fused-ring (bicyclic) bond motifs is 1. The van der Waals surface area contributed by atoms with Crippen LogP contribution in [0.4, 0.5) is 0 Å². The molecular formula is C23H22ClN3O2. The summed E-state index contributed by atoms with van der Waals surface area (Å²) in [5, 5.41) is 4.21. The molecule has 3 aromatic rings. The summed E-state index contributed by atoms with van der Waals surface area (Å²) in [5.41, 5.74) is 2.88. The fraction of sp³-hybridized carbons (Fsp3) is 0.261. The second-order valence-corrected chi connectivity index (χ2v) is 7.66. The Bertz CT molecular complexity index is 1060. The van der Waals surface area contributed by atoms with Crippen LogP contribution in [0, 0.1) is 0 Å². The van der Waals surface area contributed by atoms with E-state index < -0.39 is 0 Å². The van der Waals surface area contributed by atoms with E-state index in [1.807, 2.05) is 35.2 Å². The molecule has 1 aromatic heterocycles. The Hall–Kier alpha value is -2.92. The lowest BCUT2D eigenvalue weighted by molar-refractivity contribution is 0.0724. The number of aromatic nitrogens is 1. The van der Waals surface area contributed by atoms with Crippen molar-refractivity contribution < 1.29 is 9.59 Å². The van der Waals surface area contributed by atoms with Crippen LogP contribution in [-0.2, 0) is 6.54 Å². The van der Waals surface area contributed by atoms with Crippen molar-refractivity contribution in [3.63, 3.8) is 0 Å². The van der Waals surface area contributed by atoms with Crippen LogP contribution >= 0.6 is 11.6 Å². The van der Waals surface area contributed by atoms with Gasteiger partial charge in [0, 0.05) is 36.1 Å². The Morgan fingerprint density at radius 2 is 1.79 bits per heavy atom. The van der Waals surface area contributed by atoms with Crippen molar-refractivity contribution in [3.8, 4) is 0 Å². The largest absolute Gasteiger partial charge is 0.348 e. The van der Waals surface area contributed by atoms with Crippen LogP contribution < -0.4 is 5.32 Å². The third-order valence-electron chi connectivity index (χ3n) is 5.19. The number of amides is 2. The molecule has 0 atom stereocenters. The van der Waals surface area contributed by atoms with E-state index in [1.54, 1.807) is 24.3 Å². The van der Waals surface area contributed by atoms with Crippen molar-refractivity contribution in [3.05, 3.63) is 76.4 Å². The van der Waals surface area contributed by atoms with Gasteiger partial charge in [0.2, 0.25) is 0 Å². The summed E-state index contributed by atoms with van der Waals surface area (Å²) in [7, 11) is 0. The number of nitrogens with zero attached hydrogens (tertiary/aromatic N) is 2. The van der Waals surface area contributed by atoms with Crippen molar-refractivity contribution >= 4 is 34.3 Å². The summed E-state index contributed by atoms with van der Waals surface area (Å²) in [4.78, 5) is 31.4. The van der Waals surface area contributed by atoms with E-state index in [-0.39, 0.29) is 11.8 Å². The average Bonchev–Trinajstić information content (AvgIpc) is 2.77. The molecule has 1 aliphatic heterocycles. The van der Waals surface area contributed by atoms with Gasteiger partial charge in [0.25, 0.3) is 11.8 Å². The maximum atomic E-state index is 12.7. The summed E-state index contributed by atoms with van der Waals surface area (Å²) in [6, 6.07) is 16.3. The molecule has 0 aliphatic carbocycles. The zero-order valence-corrected chi connectivity index (χ0v) is 16.8. The van der Waals surface area contributed by atoms with Gasteiger partial charge in [0.05, 0.1) is 5.52 Å². The molecule has 5 nitrogen and oxygen atoms in total. The molecule has 29 heavy (non-hydrogen) atoms. The number of hydrogen-bond donors (Lipinski definition) is 1. The van der Waals surface area contributed by atoms with Crippen molar-refractivity contribution in [2.45, 2.75) is 25.8 Å². The predicted molar refractivity (Wildman–Crippen MR) is 114 cm³/mol. The number of nitrogens with one attached hydrogen (secondary N) is 1. The summed E-state index contributed by atoms with van der Waals surface area (Å²) in [6.07, 6.45) is 3.32. The minimum atomic E-state index is -0.172. The normalized spacial score (nSPS) is 14.0. The monoisotopic (exact) mass is 407 g/mol. The van der Waals surface area contributed by atoms with E-state index in [1.165, 1.54) is 6.42 Å². The van der Waals surface area contributed by atoms with Crippen LogP contribution in [0.3, 0.4) is 0 Å². The van der Waals surface area contributed by atoms with Gasteiger partial charge in [-0.3, -0.25) is 9.59 Å². The van der Waals surface area contributed by atoms with E-state index in [9.17, 15) is 9.59 Å². The number of carbonyl (C=O) groups is 2. The molecule has 1 saturated heterocycles. The molecule has 0 saturated carbocycles. The van der Waals surface area contributed by atoms with Crippen LogP contribution in [0.1, 0.15) is 45.5 Å². The first kappa shape index (κ1) is 19.4. The Labute approximate surface area is 174 Å². The number of pyridine rings is 1. The van der Waals surface area contributed by atoms with E-state index in [0.29, 0.717) is 22.8 Å². The molecule has 0 spiro atoms. The molecular weight excluding hydrogens is 386 g/mol. The molecule has 1 aliphatic rings. The highest BCUT2D eigenvalue weighted by Gasteiger charge is 2.18. The molecule has 1 fully saturated rings. The standard InChI is InChI=1S/C23H22ClN3O2/c24-21-10-8-17-14-18(7-9-20(17)26-21)22(28)25-15-16-5-4-6-19(13-16)23(29)27-11-2-1-3-12-27/h4-10,13-14H,1-3,11-12,15H2,(H,25,28). The van der Waals surface area contributed by atoms with Crippen LogP contribution in [0.25, 0.3) is 10.9 Å². The van der Waals surface area contributed by atoms with Crippen LogP contribution in [0.2, 0.25) is 5.15 Å². The van der Waals surface area contributed by atoms with Crippen LogP contribution in [-0.4, -0.2) is 34.8 Å². The number of benzene rings is 2. The summed E-state index contributed by atoms with van der Waals surface area (Å²) >= 11 is 5.91. The van der Waals surface area contributed by atoms with Crippen LogP contribution in [0.15, 0.2) is 54.6 Å². The quantitative estimate of drug-likeness (QED) is 0.650. The number of halogens is 1. The Kier molecular flexibility index (Phi) is 5.76. The number of rotatable bonds is 4. The molecule has 0 bridgehead atoms. The van der Waals surface area contributed by atoms with E-state index in [0.717, 1.165) is 42.4 Å². The topological polar surface area (TPSA) is 62.3 Å². The SMILES string of the molecule is O=C(NCc1cccc(C(=O)N2CCCCC2)c1)c1ccc2nc(Cl)ccc2c1. The molecule has 148 valence electrons. The highest BCUT2D eigenvalue weighted by atomic mass is 35.5. The van der Waals surface area contributed by atoms with E-state index in [4.69, 9.17) is 11.6 Å². The minimum Gasteiger partial charge on any atom is -0.348 e. The van der Waals surface area contributed by atoms with Gasteiger partial charge < -0.3 is 10.2 Å². The molecule has 1 N–H and O–H groups in total. The third-order valence-corrected chi connectivity index (χ3v) is 5.40. The van der Waals surface area contributed by atoms with Gasteiger partial charge in [-0.1, -0.05) is 23.7 Å². The number of piperidine rings is 1. The molecule has 6 heteroatoms. The average molecular weight is 408 g/mol. The molecule has 0 radical (unpaired) electrons. The third kappa shape index (κ3) is 4.57. The second kappa shape index (κ2) is 8.62. The Morgan fingerprint density at radius 1 is 0.966 bits per heavy atom. The van der Waals surface area contributed by atoms with Gasteiger partial charge in [-0.05, 0) is 67.3 Å². The first-order valence-corrected chi connectivity index (χ1v) is 10.2. The fourth-order valence-electron chi connectivity index (χ4n) is 3.62. The van der Waals surface area contributed by atoms with Crippen molar-refractivity contribution in [2.75, 3.05) is 13.1 Å². The Balaban J connectivity index is 1.42. The first-order chi connectivity index (χ1) is 14.1. The van der Waals surface area contributed by atoms with Gasteiger partial charge >= 0.3 is 0 Å². The number of carbonyl (C=O) groups excluding carboxylic acids is 2. The smallest absolute Gasteiger partial charge is 0.253 e. The number of hydrogen-bond acceptors (Lipinski definition) is 3. The zero-order valence-electron chi connectivity index (χ0n) is 16.0. The highest BCUT2D eigenvalue weighted by molar-refractivity contribution is 6.29. The fourth-order valence-corrected chi connectivity index (χ4v) is 3.77. The molecule has 0 unspecified atom stereocenters. The molecule has 4 rings (SSSR count). The van der Waals surface area contributed by atoms with Crippen molar-refractivity contribution in [1.82, 2.24) is 15.2 Å². The summed E-state index contributed by atoms with van der Waals surface area (Å²) in [5.74, 6) is -0.104.